The lowest BCUT2D eigenvalue weighted by atomic mass is 10.1. The van der Waals surface area contributed by atoms with Gasteiger partial charge in [-0.2, -0.15) is 0 Å². The number of carboxylic acid groups (broad SMARTS) is 1. The van der Waals surface area contributed by atoms with Crippen LogP contribution in [0, 0.1) is 0 Å². The molecule has 2 rings (SSSR count). The van der Waals surface area contributed by atoms with Crippen molar-refractivity contribution < 1.29 is 14.6 Å². The summed E-state index contributed by atoms with van der Waals surface area (Å²) in [7, 11) is 0. The first kappa shape index (κ1) is 9.61. The molecule has 0 aliphatic carbocycles. The number of aromatic nitrogens is 1. The maximum absolute atomic E-state index is 10.8. The van der Waals surface area contributed by atoms with Crippen LogP contribution in [0.2, 0.25) is 0 Å². The van der Waals surface area contributed by atoms with Crippen LogP contribution in [-0.2, 0) is 4.74 Å². The highest BCUT2D eigenvalue weighted by Crippen LogP contribution is 2.36. The predicted octanol–water partition coefficient (Wildman–Crippen LogP) is 2.08. The van der Waals surface area contributed by atoms with Gasteiger partial charge in [0.15, 0.2) is 5.69 Å². The Morgan fingerprint density at radius 1 is 1.71 bits per heavy atom. The molecule has 0 spiro atoms. The standard InChI is InChI=1S/C9H11NO3S/c1-5-2-3-6(13-5)8-7(9(11)12)10-4-14-8/h4-6H,2-3H2,1H3,(H,11,12). The van der Waals surface area contributed by atoms with Gasteiger partial charge in [-0.1, -0.05) is 0 Å². The SMILES string of the molecule is CC1CCC(c2scnc2C(=O)O)O1. The van der Waals surface area contributed by atoms with Gasteiger partial charge in [0.25, 0.3) is 0 Å². The summed E-state index contributed by atoms with van der Waals surface area (Å²) in [6, 6.07) is 0. The maximum Gasteiger partial charge on any atom is 0.355 e. The van der Waals surface area contributed by atoms with Gasteiger partial charge in [0, 0.05) is 0 Å². The van der Waals surface area contributed by atoms with Gasteiger partial charge in [-0.3, -0.25) is 0 Å². The quantitative estimate of drug-likeness (QED) is 0.817. The Morgan fingerprint density at radius 2 is 2.50 bits per heavy atom. The lowest BCUT2D eigenvalue weighted by molar-refractivity contribution is 0.0539. The zero-order valence-corrected chi connectivity index (χ0v) is 8.58. The van der Waals surface area contributed by atoms with Crippen molar-refractivity contribution in [3.05, 3.63) is 16.1 Å². The molecule has 0 saturated carbocycles. The zero-order valence-electron chi connectivity index (χ0n) is 7.77. The van der Waals surface area contributed by atoms with Gasteiger partial charge in [0.2, 0.25) is 0 Å². The molecule has 1 aromatic rings. The maximum atomic E-state index is 10.8. The van der Waals surface area contributed by atoms with Crippen molar-refractivity contribution in [1.29, 1.82) is 0 Å². The van der Waals surface area contributed by atoms with Crippen LogP contribution in [0.3, 0.4) is 0 Å². The lowest BCUT2D eigenvalue weighted by Crippen LogP contribution is -2.06. The van der Waals surface area contributed by atoms with Crippen LogP contribution in [-0.4, -0.2) is 22.2 Å². The molecule has 4 nitrogen and oxygen atoms in total. The fraction of sp³-hybridized carbons (Fsp3) is 0.556. The molecule has 1 aliphatic rings. The predicted molar refractivity (Wildman–Crippen MR) is 51.6 cm³/mol. The van der Waals surface area contributed by atoms with Crippen LogP contribution in [0.5, 0.6) is 0 Å². The first-order valence-corrected chi connectivity index (χ1v) is 5.38. The first-order chi connectivity index (χ1) is 6.68. The molecule has 1 saturated heterocycles. The minimum atomic E-state index is -0.968. The van der Waals surface area contributed by atoms with Gasteiger partial charge in [0.05, 0.1) is 22.6 Å². The van der Waals surface area contributed by atoms with E-state index in [2.05, 4.69) is 4.98 Å². The second kappa shape index (κ2) is 3.67. The summed E-state index contributed by atoms with van der Waals surface area (Å²) in [5.41, 5.74) is 1.71. The van der Waals surface area contributed by atoms with Gasteiger partial charge in [-0.25, -0.2) is 9.78 Å². The summed E-state index contributed by atoms with van der Waals surface area (Å²) in [6.45, 7) is 2.00. The van der Waals surface area contributed by atoms with E-state index in [1.165, 1.54) is 11.3 Å². The third-order valence-electron chi connectivity index (χ3n) is 2.32. The van der Waals surface area contributed by atoms with E-state index in [-0.39, 0.29) is 17.9 Å². The Labute approximate surface area is 85.5 Å². The van der Waals surface area contributed by atoms with Crippen molar-refractivity contribution >= 4 is 17.3 Å². The number of aromatic carboxylic acids is 1. The van der Waals surface area contributed by atoms with Gasteiger partial charge < -0.3 is 9.84 Å². The number of hydrogen-bond donors (Lipinski definition) is 1. The van der Waals surface area contributed by atoms with E-state index in [4.69, 9.17) is 9.84 Å². The van der Waals surface area contributed by atoms with Crippen LogP contribution < -0.4 is 0 Å². The van der Waals surface area contributed by atoms with Crippen molar-refractivity contribution in [3.8, 4) is 0 Å². The number of hydrogen-bond acceptors (Lipinski definition) is 4. The monoisotopic (exact) mass is 213 g/mol. The van der Waals surface area contributed by atoms with Gasteiger partial charge in [-0.05, 0) is 19.8 Å². The van der Waals surface area contributed by atoms with Crippen LogP contribution >= 0.6 is 11.3 Å². The van der Waals surface area contributed by atoms with E-state index in [9.17, 15) is 4.79 Å². The molecule has 2 heterocycles. The van der Waals surface area contributed by atoms with E-state index in [1.54, 1.807) is 5.51 Å². The van der Waals surface area contributed by atoms with Crippen LogP contribution in [0.1, 0.15) is 41.2 Å². The minimum absolute atomic E-state index is 0.0661. The van der Waals surface area contributed by atoms with Crippen molar-refractivity contribution in [2.45, 2.75) is 32.0 Å². The normalized spacial score (nSPS) is 26.6. The molecular weight excluding hydrogens is 202 g/mol. The molecule has 0 amide bonds. The number of carboxylic acids is 1. The average Bonchev–Trinajstić information content (AvgIpc) is 2.70. The molecule has 0 radical (unpaired) electrons. The van der Waals surface area contributed by atoms with Crippen LogP contribution in [0.15, 0.2) is 5.51 Å². The smallest absolute Gasteiger partial charge is 0.355 e. The summed E-state index contributed by atoms with van der Waals surface area (Å²) in [6.07, 6.45) is 2.04. The third-order valence-corrected chi connectivity index (χ3v) is 3.24. The molecule has 0 aromatic carbocycles. The molecular formula is C9H11NO3S. The Morgan fingerprint density at radius 3 is 3.07 bits per heavy atom. The molecule has 2 unspecified atom stereocenters. The third kappa shape index (κ3) is 1.65. The molecule has 5 heteroatoms. The fourth-order valence-corrected chi connectivity index (χ4v) is 2.49. The molecule has 14 heavy (non-hydrogen) atoms. The molecule has 76 valence electrons. The van der Waals surface area contributed by atoms with Crippen LogP contribution in [0.4, 0.5) is 0 Å². The van der Waals surface area contributed by atoms with E-state index in [0.29, 0.717) is 0 Å². The summed E-state index contributed by atoms with van der Waals surface area (Å²) < 4.78 is 5.60. The second-order valence-electron chi connectivity index (χ2n) is 3.38. The van der Waals surface area contributed by atoms with E-state index in [1.807, 2.05) is 6.92 Å². The van der Waals surface area contributed by atoms with E-state index in [0.717, 1.165) is 17.7 Å². The van der Waals surface area contributed by atoms with Crippen molar-refractivity contribution in [1.82, 2.24) is 4.98 Å². The second-order valence-corrected chi connectivity index (χ2v) is 4.27. The van der Waals surface area contributed by atoms with E-state index < -0.39 is 5.97 Å². The highest BCUT2D eigenvalue weighted by atomic mass is 32.1. The molecule has 1 aliphatic heterocycles. The topological polar surface area (TPSA) is 59.4 Å². The van der Waals surface area contributed by atoms with Crippen LogP contribution in [0.25, 0.3) is 0 Å². The van der Waals surface area contributed by atoms with E-state index >= 15 is 0 Å². The molecule has 2 atom stereocenters. The summed E-state index contributed by atoms with van der Waals surface area (Å²) in [5, 5.41) is 8.87. The number of nitrogens with zero attached hydrogens (tertiary/aromatic N) is 1. The number of ether oxygens (including phenoxy) is 1. The fourth-order valence-electron chi connectivity index (χ4n) is 1.64. The number of thiazole rings is 1. The van der Waals surface area contributed by atoms with Gasteiger partial charge in [-0.15, -0.1) is 11.3 Å². The molecule has 1 aromatic heterocycles. The Hall–Kier alpha value is -0.940. The van der Waals surface area contributed by atoms with Crippen molar-refractivity contribution in [2.24, 2.45) is 0 Å². The Bertz CT molecular complexity index is 350. The lowest BCUT2D eigenvalue weighted by Gasteiger charge is -2.08. The highest BCUT2D eigenvalue weighted by Gasteiger charge is 2.28. The summed E-state index contributed by atoms with van der Waals surface area (Å²) >= 11 is 1.36. The summed E-state index contributed by atoms with van der Waals surface area (Å²) in [5.74, 6) is -0.968. The zero-order chi connectivity index (χ0) is 10.1. The average molecular weight is 213 g/mol. The summed E-state index contributed by atoms with van der Waals surface area (Å²) in [4.78, 5) is 15.4. The Balaban J connectivity index is 2.23. The molecule has 1 fully saturated rings. The highest BCUT2D eigenvalue weighted by molar-refractivity contribution is 7.10. The Kier molecular flexibility index (Phi) is 2.52. The largest absolute Gasteiger partial charge is 0.476 e. The van der Waals surface area contributed by atoms with Gasteiger partial charge >= 0.3 is 5.97 Å². The molecule has 0 bridgehead atoms. The number of carbonyl (C=O) groups is 1. The first-order valence-electron chi connectivity index (χ1n) is 4.50. The van der Waals surface area contributed by atoms with Crippen molar-refractivity contribution in [3.63, 3.8) is 0 Å². The molecule has 1 N–H and O–H groups in total. The number of rotatable bonds is 2. The van der Waals surface area contributed by atoms with Gasteiger partial charge in [0.1, 0.15) is 0 Å². The van der Waals surface area contributed by atoms with Crippen molar-refractivity contribution in [2.75, 3.05) is 0 Å². The minimum Gasteiger partial charge on any atom is -0.476 e.